The van der Waals surface area contributed by atoms with Gasteiger partial charge in [0.05, 0.1) is 45.5 Å². The van der Waals surface area contributed by atoms with Gasteiger partial charge in [-0.1, -0.05) is 23.4 Å². The molecule has 1 aliphatic rings. The van der Waals surface area contributed by atoms with E-state index in [1.165, 1.54) is 29.0 Å². The normalized spacial score (nSPS) is 14.3. The molecule has 0 radical (unpaired) electrons. The van der Waals surface area contributed by atoms with E-state index in [2.05, 4.69) is 32.9 Å². The van der Waals surface area contributed by atoms with Crippen molar-refractivity contribution < 1.29 is 18.7 Å². The minimum Gasteiger partial charge on any atom is -0.478 e. The summed E-state index contributed by atoms with van der Waals surface area (Å²) in [5.74, 6) is 5.81. The van der Waals surface area contributed by atoms with Gasteiger partial charge in [-0.2, -0.15) is 5.26 Å². The van der Waals surface area contributed by atoms with Crippen molar-refractivity contribution in [2.45, 2.75) is 32.9 Å². The van der Waals surface area contributed by atoms with E-state index < -0.39 is 24.0 Å². The van der Waals surface area contributed by atoms with Crippen LogP contribution in [0.4, 0.5) is 14.6 Å². The van der Waals surface area contributed by atoms with Crippen LogP contribution in [0, 0.1) is 30.1 Å². The number of rotatable bonds is 6. The molecule has 5 heterocycles. The minimum absolute atomic E-state index is 0.0314. The Bertz CT molecular complexity index is 2210. The van der Waals surface area contributed by atoms with Crippen LogP contribution in [0.3, 0.4) is 0 Å². The van der Waals surface area contributed by atoms with Crippen LogP contribution in [0.5, 0.6) is 0 Å². The maximum Gasteiger partial charge on any atom is 0.338 e. The number of aromatic carboxylic acids is 1. The van der Waals surface area contributed by atoms with Gasteiger partial charge >= 0.3 is 5.97 Å². The van der Waals surface area contributed by atoms with E-state index in [0.29, 0.717) is 64.2 Å². The lowest BCUT2D eigenvalue weighted by molar-refractivity contribution is 0.0318. The molecule has 1 aromatic carbocycles. The number of carboxylic acids is 1. The molecule has 6 rings (SSSR count). The Hall–Kier alpha value is -4.95. The molecule has 10 nitrogen and oxygen atoms in total. The van der Waals surface area contributed by atoms with Gasteiger partial charge in [-0.15, -0.1) is 11.3 Å². The number of aryl methyl sites for hydroxylation is 1. The summed E-state index contributed by atoms with van der Waals surface area (Å²) in [5.41, 5.74) is 2.41. The minimum atomic E-state index is -2.46. The average molecular weight is 674 g/mol. The van der Waals surface area contributed by atoms with E-state index in [0.717, 1.165) is 5.56 Å². The van der Waals surface area contributed by atoms with E-state index in [4.69, 9.17) is 11.6 Å². The van der Waals surface area contributed by atoms with Crippen LogP contribution >= 0.6 is 22.9 Å². The summed E-state index contributed by atoms with van der Waals surface area (Å²) in [6, 6.07) is 8.22. The molecule has 238 valence electrons. The zero-order chi connectivity index (χ0) is 33.4. The number of fused-ring (bicyclic) bond motifs is 2. The number of carbonyl (C=O) groups is 1. The Morgan fingerprint density at radius 1 is 1.17 bits per heavy atom. The summed E-state index contributed by atoms with van der Waals surface area (Å²) < 4.78 is 28.5. The van der Waals surface area contributed by atoms with Gasteiger partial charge in [-0.05, 0) is 38.1 Å². The monoisotopic (exact) mass is 673 g/mol. The van der Waals surface area contributed by atoms with E-state index in [9.17, 15) is 28.7 Å². The Balaban J connectivity index is 1.35. The summed E-state index contributed by atoms with van der Waals surface area (Å²) in [4.78, 5) is 42.3. The molecule has 4 aromatic heterocycles. The first-order valence-corrected chi connectivity index (χ1v) is 15.8. The third-order valence-corrected chi connectivity index (χ3v) is 9.49. The Morgan fingerprint density at radius 3 is 2.64 bits per heavy atom. The van der Waals surface area contributed by atoms with Crippen LogP contribution in [0.25, 0.3) is 32.2 Å². The molecule has 0 amide bonds. The molecule has 0 saturated carbocycles. The predicted octanol–water partition coefficient (Wildman–Crippen LogP) is 5.43. The van der Waals surface area contributed by atoms with Gasteiger partial charge in [0.25, 0.3) is 12.0 Å². The van der Waals surface area contributed by atoms with Gasteiger partial charge < -0.3 is 10.0 Å². The largest absolute Gasteiger partial charge is 0.478 e. The fourth-order valence-electron chi connectivity index (χ4n) is 5.70. The average Bonchev–Trinajstić information content (AvgIpc) is 3.51. The van der Waals surface area contributed by atoms with Crippen LogP contribution in [-0.4, -0.2) is 74.1 Å². The van der Waals surface area contributed by atoms with Crippen LogP contribution in [-0.2, 0) is 6.54 Å². The van der Waals surface area contributed by atoms with Crippen LogP contribution < -0.4 is 10.5 Å². The lowest BCUT2D eigenvalue weighted by Crippen LogP contribution is -2.51. The lowest BCUT2D eigenvalue weighted by atomic mass is 10.00. The molecule has 1 fully saturated rings. The summed E-state index contributed by atoms with van der Waals surface area (Å²) in [7, 11) is 0. The third kappa shape index (κ3) is 6.01. The van der Waals surface area contributed by atoms with Crippen molar-refractivity contribution in [3.8, 4) is 29.0 Å². The summed E-state index contributed by atoms with van der Waals surface area (Å²) in [5, 5.41) is 21.9. The number of alkyl halides is 2. The van der Waals surface area contributed by atoms with Crippen LogP contribution in [0.1, 0.15) is 34.2 Å². The highest BCUT2D eigenvalue weighted by molar-refractivity contribution is 7.18. The van der Waals surface area contributed by atoms with Gasteiger partial charge in [0.1, 0.15) is 23.3 Å². The summed E-state index contributed by atoms with van der Waals surface area (Å²) in [6.45, 7) is 4.61. The topological polar surface area (TPSA) is 128 Å². The summed E-state index contributed by atoms with van der Waals surface area (Å²) >= 11 is 7.62. The van der Waals surface area contributed by atoms with E-state index in [1.807, 2.05) is 4.90 Å². The fourth-order valence-corrected chi connectivity index (χ4v) is 6.90. The van der Waals surface area contributed by atoms with Crippen molar-refractivity contribution in [3.05, 3.63) is 79.9 Å². The maximum atomic E-state index is 13.9. The smallest absolute Gasteiger partial charge is 0.338 e. The number of halogens is 3. The van der Waals surface area contributed by atoms with Gasteiger partial charge in [-0.3, -0.25) is 19.2 Å². The Morgan fingerprint density at radius 2 is 1.94 bits per heavy atom. The molecule has 47 heavy (non-hydrogen) atoms. The second kappa shape index (κ2) is 13.0. The molecule has 14 heteroatoms. The number of benzene rings is 1. The molecule has 0 aliphatic carbocycles. The number of aromatic nitrogens is 4. The van der Waals surface area contributed by atoms with Gasteiger partial charge in [0, 0.05) is 59.5 Å². The van der Waals surface area contributed by atoms with Crippen molar-refractivity contribution in [1.82, 2.24) is 24.4 Å². The molecular weight excluding hydrogens is 648 g/mol. The number of pyridine rings is 2. The first-order chi connectivity index (χ1) is 22.6. The van der Waals surface area contributed by atoms with Crippen molar-refractivity contribution in [2.75, 3.05) is 31.1 Å². The number of thiophene rings is 1. The number of hydrogen-bond donors (Lipinski definition) is 1. The van der Waals surface area contributed by atoms with Crippen LogP contribution in [0.2, 0.25) is 5.02 Å². The van der Waals surface area contributed by atoms with Crippen LogP contribution in [0.15, 0.2) is 46.8 Å². The van der Waals surface area contributed by atoms with E-state index >= 15 is 0 Å². The number of nitrogens with zero attached hydrogens (tertiary/aromatic N) is 7. The van der Waals surface area contributed by atoms with Gasteiger partial charge in [0.15, 0.2) is 0 Å². The van der Waals surface area contributed by atoms with Crippen molar-refractivity contribution in [2.24, 2.45) is 0 Å². The quantitative estimate of drug-likeness (QED) is 0.235. The van der Waals surface area contributed by atoms with Crippen molar-refractivity contribution in [3.63, 3.8) is 0 Å². The third-order valence-electron chi connectivity index (χ3n) is 8.25. The van der Waals surface area contributed by atoms with E-state index in [-0.39, 0.29) is 28.6 Å². The maximum absolute atomic E-state index is 13.9. The molecule has 1 unspecified atom stereocenters. The number of hydrogen-bond acceptors (Lipinski definition) is 9. The Kier molecular flexibility index (Phi) is 8.88. The predicted molar refractivity (Wildman–Crippen MR) is 176 cm³/mol. The van der Waals surface area contributed by atoms with Gasteiger partial charge in [0.2, 0.25) is 0 Å². The van der Waals surface area contributed by atoms with E-state index in [1.54, 1.807) is 47.7 Å². The van der Waals surface area contributed by atoms with Crippen molar-refractivity contribution >= 4 is 55.8 Å². The molecule has 1 N–H and O–H groups in total. The number of anilines is 1. The van der Waals surface area contributed by atoms with Gasteiger partial charge in [-0.25, -0.2) is 23.5 Å². The molecule has 1 atom stereocenters. The molecule has 1 saturated heterocycles. The number of piperazine rings is 1. The molecular formula is C33H26ClF2N7O3S. The second-order valence-corrected chi connectivity index (χ2v) is 12.3. The Labute approximate surface area is 276 Å². The van der Waals surface area contributed by atoms with Crippen molar-refractivity contribution in [1.29, 1.82) is 5.26 Å². The number of carboxylic acid groups (broad SMARTS) is 1. The standard InChI is InChI=1S/C33H26ClF2N7O3S/c1-18(30(35)36)41-10-12-42(13-11-41)31-24(15-37)27-26(16-39-31)40-19(2)43(32(27)44)9-3-4-20-5-6-21(34)14-23(20)22-7-8-38-28-25(33(45)46)17-47-29(22)28/h5-8,14,16-18,30H,9-13H2,1-2H3,(H,45,46). The molecule has 0 bridgehead atoms. The number of nitriles is 1. The SMILES string of the molecule is Cc1nc2cnc(N3CCN(C(C)C(F)F)CC3)c(C#N)c2c(=O)n1CC#Cc1ccc(Cl)cc1-c1ccnc2c(C(=O)O)csc12. The zero-order valence-corrected chi connectivity index (χ0v) is 26.7. The fraction of sp³-hybridized carbons (Fsp3) is 0.273. The first-order valence-electron chi connectivity index (χ1n) is 14.5. The lowest BCUT2D eigenvalue weighted by Gasteiger charge is -2.38. The molecule has 1 aliphatic heterocycles. The zero-order valence-electron chi connectivity index (χ0n) is 25.2. The highest BCUT2D eigenvalue weighted by atomic mass is 35.5. The highest BCUT2D eigenvalue weighted by Gasteiger charge is 2.29. The summed E-state index contributed by atoms with van der Waals surface area (Å²) in [6.07, 6.45) is 0.537. The second-order valence-electron chi connectivity index (χ2n) is 11.0. The molecule has 5 aromatic rings. The highest BCUT2D eigenvalue weighted by Crippen LogP contribution is 2.36. The molecule has 0 spiro atoms. The first kappa shape index (κ1) is 32.0.